The molecule has 0 unspecified atom stereocenters. The van der Waals surface area contributed by atoms with E-state index in [9.17, 15) is 0 Å². The molecular formula is C10H12ClN3. The molecule has 1 aromatic heterocycles. The van der Waals surface area contributed by atoms with E-state index in [1.54, 1.807) is 12.3 Å². The fraction of sp³-hybridized carbons (Fsp3) is 0.400. The highest BCUT2D eigenvalue weighted by Crippen LogP contribution is 2.15. The van der Waals surface area contributed by atoms with Gasteiger partial charge in [-0.2, -0.15) is 5.10 Å². The summed E-state index contributed by atoms with van der Waals surface area (Å²) in [5.74, 6) is 0.744. The van der Waals surface area contributed by atoms with Gasteiger partial charge in [0.05, 0.1) is 5.02 Å². The number of hydrogen-bond acceptors (Lipinski definition) is 3. The standard InChI is InChI=1S/C10H12ClN3/c11-8-5-6-10(12-7-8)14-13-9-3-1-2-4-9/h5-7H,1-4H2,(H,12,14). The van der Waals surface area contributed by atoms with E-state index < -0.39 is 0 Å². The van der Waals surface area contributed by atoms with Crippen molar-refractivity contribution in [1.29, 1.82) is 0 Å². The summed E-state index contributed by atoms with van der Waals surface area (Å²) in [4.78, 5) is 4.09. The molecule has 0 aromatic carbocycles. The molecule has 0 radical (unpaired) electrons. The summed E-state index contributed by atoms with van der Waals surface area (Å²) < 4.78 is 0. The highest BCUT2D eigenvalue weighted by atomic mass is 35.5. The zero-order chi connectivity index (χ0) is 9.80. The maximum atomic E-state index is 5.71. The van der Waals surface area contributed by atoms with Gasteiger partial charge in [-0.25, -0.2) is 4.98 Å². The molecule has 0 aliphatic heterocycles. The van der Waals surface area contributed by atoms with E-state index in [4.69, 9.17) is 11.6 Å². The van der Waals surface area contributed by atoms with Crippen LogP contribution in [0.3, 0.4) is 0 Å². The lowest BCUT2D eigenvalue weighted by Gasteiger charge is -2.00. The first-order chi connectivity index (χ1) is 6.84. The van der Waals surface area contributed by atoms with Crippen molar-refractivity contribution in [2.45, 2.75) is 25.7 Å². The van der Waals surface area contributed by atoms with Crippen molar-refractivity contribution in [1.82, 2.24) is 4.98 Å². The summed E-state index contributed by atoms with van der Waals surface area (Å²) in [5.41, 5.74) is 4.17. The highest BCUT2D eigenvalue weighted by Gasteiger charge is 2.07. The summed E-state index contributed by atoms with van der Waals surface area (Å²) in [6.45, 7) is 0. The van der Waals surface area contributed by atoms with Crippen LogP contribution < -0.4 is 5.43 Å². The molecule has 14 heavy (non-hydrogen) atoms. The quantitative estimate of drug-likeness (QED) is 0.761. The molecule has 4 heteroatoms. The Balaban J connectivity index is 1.97. The van der Waals surface area contributed by atoms with E-state index in [0.717, 1.165) is 18.7 Å². The monoisotopic (exact) mass is 209 g/mol. The first-order valence-electron chi connectivity index (χ1n) is 4.77. The summed E-state index contributed by atoms with van der Waals surface area (Å²) in [6, 6.07) is 3.62. The average molecular weight is 210 g/mol. The third-order valence-corrected chi connectivity index (χ3v) is 2.46. The second-order valence-corrected chi connectivity index (χ2v) is 3.80. The number of nitrogens with one attached hydrogen (secondary N) is 1. The summed E-state index contributed by atoms with van der Waals surface area (Å²) in [5, 5.41) is 4.93. The fourth-order valence-electron chi connectivity index (χ4n) is 1.47. The smallest absolute Gasteiger partial charge is 0.146 e. The van der Waals surface area contributed by atoms with E-state index in [2.05, 4.69) is 15.5 Å². The van der Waals surface area contributed by atoms with Crippen LogP contribution in [0, 0.1) is 0 Å². The van der Waals surface area contributed by atoms with Gasteiger partial charge in [0, 0.05) is 11.9 Å². The average Bonchev–Trinajstić information content (AvgIpc) is 2.70. The lowest BCUT2D eigenvalue weighted by atomic mass is 10.3. The maximum Gasteiger partial charge on any atom is 0.146 e. The van der Waals surface area contributed by atoms with Gasteiger partial charge in [-0.3, -0.25) is 5.43 Å². The van der Waals surface area contributed by atoms with Crippen molar-refractivity contribution in [2.75, 3.05) is 5.43 Å². The van der Waals surface area contributed by atoms with E-state index in [1.165, 1.54) is 18.6 Å². The van der Waals surface area contributed by atoms with Gasteiger partial charge in [0.25, 0.3) is 0 Å². The van der Waals surface area contributed by atoms with Crippen LogP contribution in [0.1, 0.15) is 25.7 Å². The van der Waals surface area contributed by atoms with Crippen molar-refractivity contribution in [3.05, 3.63) is 23.4 Å². The molecule has 0 amide bonds. The van der Waals surface area contributed by atoms with Gasteiger partial charge < -0.3 is 0 Å². The van der Waals surface area contributed by atoms with Crippen molar-refractivity contribution in [2.24, 2.45) is 5.10 Å². The Labute approximate surface area is 88.2 Å². The van der Waals surface area contributed by atoms with Crippen LogP contribution in [0.5, 0.6) is 0 Å². The number of aromatic nitrogens is 1. The zero-order valence-corrected chi connectivity index (χ0v) is 8.59. The summed E-state index contributed by atoms with van der Waals surface area (Å²) >= 11 is 5.71. The number of pyridine rings is 1. The molecule has 0 saturated heterocycles. The molecule has 1 saturated carbocycles. The number of rotatable bonds is 2. The van der Waals surface area contributed by atoms with Gasteiger partial charge in [0.15, 0.2) is 0 Å². The molecule has 2 rings (SSSR count). The second kappa shape index (κ2) is 4.42. The van der Waals surface area contributed by atoms with Crippen molar-refractivity contribution in [3.8, 4) is 0 Å². The number of hydrazone groups is 1. The van der Waals surface area contributed by atoms with Gasteiger partial charge in [0.2, 0.25) is 0 Å². The largest absolute Gasteiger partial charge is 0.261 e. The van der Waals surface area contributed by atoms with Gasteiger partial charge in [-0.15, -0.1) is 0 Å². The minimum atomic E-state index is 0.643. The van der Waals surface area contributed by atoms with E-state index in [0.29, 0.717) is 5.02 Å². The Morgan fingerprint density at radius 2 is 2.07 bits per heavy atom. The van der Waals surface area contributed by atoms with E-state index >= 15 is 0 Å². The lowest BCUT2D eigenvalue weighted by molar-refractivity contribution is 0.886. The number of halogens is 1. The van der Waals surface area contributed by atoms with Crippen molar-refractivity contribution >= 4 is 23.1 Å². The normalized spacial score (nSPS) is 15.6. The Hall–Kier alpha value is -1.09. The minimum Gasteiger partial charge on any atom is -0.261 e. The third kappa shape index (κ3) is 2.45. The third-order valence-electron chi connectivity index (χ3n) is 2.24. The molecule has 0 bridgehead atoms. The Morgan fingerprint density at radius 3 is 2.71 bits per heavy atom. The first kappa shape index (κ1) is 9.46. The Kier molecular flexibility index (Phi) is 2.99. The topological polar surface area (TPSA) is 37.3 Å². The first-order valence-corrected chi connectivity index (χ1v) is 5.15. The minimum absolute atomic E-state index is 0.643. The molecule has 74 valence electrons. The van der Waals surface area contributed by atoms with Crippen LogP contribution in [0.15, 0.2) is 23.4 Å². The zero-order valence-electron chi connectivity index (χ0n) is 7.83. The molecular weight excluding hydrogens is 198 g/mol. The highest BCUT2D eigenvalue weighted by molar-refractivity contribution is 6.30. The van der Waals surface area contributed by atoms with Crippen LogP contribution in [0.2, 0.25) is 5.02 Å². The van der Waals surface area contributed by atoms with Crippen LogP contribution in [-0.2, 0) is 0 Å². The summed E-state index contributed by atoms with van der Waals surface area (Å²) in [7, 11) is 0. The van der Waals surface area contributed by atoms with Gasteiger partial charge in [-0.1, -0.05) is 11.6 Å². The van der Waals surface area contributed by atoms with Crippen LogP contribution >= 0.6 is 11.6 Å². The molecule has 1 heterocycles. The Bertz CT molecular complexity index is 324. The molecule has 1 N–H and O–H groups in total. The predicted octanol–water partition coefficient (Wildman–Crippen LogP) is 3.08. The predicted molar refractivity (Wildman–Crippen MR) is 58.8 cm³/mol. The fourth-order valence-corrected chi connectivity index (χ4v) is 1.58. The molecule has 1 aliphatic carbocycles. The SMILES string of the molecule is Clc1ccc(NN=C2CCCC2)nc1. The van der Waals surface area contributed by atoms with E-state index in [-0.39, 0.29) is 0 Å². The van der Waals surface area contributed by atoms with Crippen LogP contribution in [-0.4, -0.2) is 10.7 Å². The van der Waals surface area contributed by atoms with Crippen LogP contribution in [0.4, 0.5) is 5.82 Å². The number of hydrogen-bond donors (Lipinski definition) is 1. The van der Waals surface area contributed by atoms with Gasteiger partial charge >= 0.3 is 0 Å². The molecule has 0 atom stereocenters. The molecule has 1 fully saturated rings. The van der Waals surface area contributed by atoms with E-state index in [1.807, 2.05) is 6.07 Å². The van der Waals surface area contributed by atoms with Crippen molar-refractivity contribution in [3.63, 3.8) is 0 Å². The molecule has 0 spiro atoms. The maximum absolute atomic E-state index is 5.71. The molecule has 1 aromatic rings. The molecule has 3 nitrogen and oxygen atoms in total. The van der Waals surface area contributed by atoms with Crippen molar-refractivity contribution < 1.29 is 0 Å². The second-order valence-electron chi connectivity index (χ2n) is 3.36. The summed E-state index contributed by atoms with van der Waals surface area (Å²) in [6.07, 6.45) is 6.35. The molecule has 1 aliphatic rings. The van der Waals surface area contributed by atoms with Gasteiger partial charge in [0.1, 0.15) is 5.82 Å². The number of nitrogens with zero attached hydrogens (tertiary/aromatic N) is 2. The lowest BCUT2D eigenvalue weighted by Crippen LogP contribution is -1.97. The van der Waals surface area contributed by atoms with Gasteiger partial charge in [-0.05, 0) is 37.8 Å². The Morgan fingerprint density at radius 1 is 1.29 bits per heavy atom. The van der Waals surface area contributed by atoms with Crippen LogP contribution in [0.25, 0.3) is 0 Å². The number of anilines is 1.